The van der Waals surface area contributed by atoms with Crippen LogP contribution in [0.1, 0.15) is 23.1 Å². The SMILES string of the molecule is COc1cc(C=NNC(=O)CC(=O)Nc2ccc(Cl)cc2)cc(Br)c1OCc1ccc(C)cc1. The van der Waals surface area contributed by atoms with Crippen molar-refractivity contribution in [2.75, 3.05) is 12.4 Å². The van der Waals surface area contributed by atoms with Gasteiger partial charge in [0.25, 0.3) is 0 Å². The van der Waals surface area contributed by atoms with E-state index < -0.39 is 11.8 Å². The second kappa shape index (κ2) is 12.2. The summed E-state index contributed by atoms with van der Waals surface area (Å²) in [6.07, 6.45) is 1.07. The number of nitrogens with zero attached hydrogens (tertiary/aromatic N) is 1. The van der Waals surface area contributed by atoms with Crippen molar-refractivity contribution in [2.45, 2.75) is 20.0 Å². The zero-order chi connectivity index (χ0) is 24.5. The highest BCUT2D eigenvalue weighted by Gasteiger charge is 2.12. The molecule has 34 heavy (non-hydrogen) atoms. The third-order valence-corrected chi connectivity index (χ3v) is 5.45. The summed E-state index contributed by atoms with van der Waals surface area (Å²) < 4.78 is 12.1. The van der Waals surface area contributed by atoms with Gasteiger partial charge in [-0.3, -0.25) is 9.59 Å². The first-order valence-corrected chi connectivity index (χ1v) is 11.4. The van der Waals surface area contributed by atoms with E-state index in [1.807, 2.05) is 31.2 Å². The molecule has 9 heteroatoms. The van der Waals surface area contributed by atoms with Gasteiger partial charge >= 0.3 is 0 Å². The number of aryl methyl sites for hydroxylation is 1. The number of hydrogen-bond donors (Lipinski definition) is 2. The molecule has 176 valence electrons. The highest BCUT2D eigenvalue weighted by atomic mass is 79.9. The molecule has 0 spiro atoms. The maximum atomic E-state index is 12.0. The highest BCUT2D eigenvalue weighted by molar-refractivity contribution is 9.10. The number of methoxy groups -OCH3 is 1. The van der Waals surface area contributed by atoms with E-state index in [0.29, 0.717) is 38.9 Å². The van der Waals surface area contributed by atoms with Gasteiger partial charge in [0.15, 0.2) is 11.5 Å². The maximum absolute atomic E-state index is 12.0. The van der Waals surface area contributed by atoms with E-state index in [9.17, 15) is 9.59 Å². The summed E-state index contributed by atoms with van der Waals surface area (Å²) in [5, 5.41) is 7.09. The minimum absolute atomic E-state index is 0.376. The van der Waals surface area contributed by atoms with E-state index in [1.54, 1.807) is 43.5 Å². The van der Waals surface area contributed by atoms with Crippen LogP contribution in [0.15, 0.2) is 70.2 Å². The Kier molecular flexibility index (Phi) is 9.07. The lowest BCUT2D eigenvalue weighted by Gasteiger charge is -2.13. The third kappa shape index (κ3) is 7.60. The van der Waals surface area contributed by atoms with E-state index in [1.165, 1.54) is 11.8 Å². The first kappa shape index (κ1) is 25.3. The van der Waals surface area contributed by atoms with Gasteiger partial charge in [-0.25, -0.2) is 5.43 Å². The molecule has 0 unspecified atom stereocenters. The van der Waals surface area contributed by atoms with Crippen LogP contribution in [0.3, 0.4) is 0 Å². The Bertz CT molecular complexity index is 1180. The molecule has 0 saturated heterocycles. The van der Waals surface area contributed by atoms with Crippen molar-refractivity contribution in [2.24, 2.45) is 5.10 Å². The Labute approximate surface area is 211 Å². The van der Waals surface area contributed by atoms with Crippen molar-refractivity contribution in [3.63, 3.8) is 0 Å². The molecular formula is C25H23BrClN3O4. The van der Waals surface area contributed by atoms with Crippen LogP contribution in [0, 0.1) is 6.92 Å². The van der Waals surface area contributed by atoms with E-state index >= 15 is 0 Å². The Morgan fingerprint density at radius 2 is 1.76 bits per heavy atom. The normalized spacial score (nSPS) is 10.7. The first-order valence-electron chi connectivity index (χ1n) is 10.3. The molecule has 3 rings (SSSR count). The van der Waals surface area contributed by atoms with Crippen LogP contribution >= 0.6 is 27.5 Å². The molecule has 0 aliphatic heterocycles. The zero-order valence-corrected chi connectivity index (χ0v) is 20.9. The zero-order valence-electron chi connectivity index (χ0n) is 18.6. The average molecular weight is 545 g/mol. The van der Waals surface area contributed by atoms with Crippen molar-refractivity contribution >= 4 is 51.2 Å². The lowest BCUT2D eigenvalue weighted by atomic mass is 10.2. The molecular weight excluding hydrogens is 522 g/mol. The van der Waals surface area contributed by atoms with Gasteiger partial charge in [-0.05, 0) is 70.4 Å². The van der Waals surface area contributed by atoms with Crippen LogP contribution < -0.4 is 20.2 Å². The predicted octanol–water partition coefficient (Wildman–Crippen LogP) is 5.48. The number of ether oxygens (including phenoxy) is 2. The molecule has 0 fully saturated rings. The topological polar surface area (TPSA) is 89.0 Å². The minimum atomic E-state index is -0.549. The molecule has 0 bridgehead atoms. The van der Waals surface area contributed by atoms with Crippen LogP contribution in [0.25, 0.3) is 0 Å². The third-order valence-electron chi connectivity index (χ3n) is 4.61. The van der Waals surface area contributed by atoms with Crippen LogP contribution in [0.5, 0.6) is 11.5 Å². The van der Waals surface area contributed by atoms with Crippen LogP contribution in [-0.2, 0) is 16.2 Å². The smallest absolute Gasteiger partial charge is 0.249 e. The summed E-state index contributed by atoms with van der Waals surface area (Å²) in [6, 6.07) is 18.2. The van der Waals surface area contributed by atoms with Gasteiger partial charge in [0.05, 0.1) is 17.8 Å². The van der Waals surface area contributed by atoms with Gasteiger partial charge in [0, 0.05) is 10.7 Å². The molecule has 3 aromatic rings. The Morgan fingerprint density at radius 1 is 1.06 bits per heavy atom. The van der Waals surface area contributed by atoms with Crippen molar-refractivity contribution < 1.29 is 19.1 Å². The van der Waals surface area contributed by atoms with Gasteiger partial charge in [-0.2, -0.15) is 5.10 Å². The van der Waals surface area contributed by atoms with E-state index in [0.717, 1.165) is 5.56 Å². The lowest BCUT2D eigenvalue weighted by Crippen LogP contribution is -2.24. The van der Waals surface area contributed by atoms with Crippen molar-refractivity contribution in [3.8, 4) is 11.5 Å². The number of amides is 2. The quantitative estimate of drug-likeness (QED) is 0.212. The molecule has 0 radical (unpaired) electrons. The maximum Gasteiger partial charge on any atom is 0.249 e. The number of hydrogen-bond acceptors (Lipinski definition) is 5. The Morgan fingerprint density at radius 3 is 2.44 bits per heavy atom. The standard InChI is InChI=1S/C25H23BrClN3O4/c1-16-3-5-17(6-4-16)15-34-25-21(26)11-18(12-22(25)33-2)14-28-30-24(32)13-23(31)29-20-9-7-19(27)8-10-20/h3-12,14H,13,15H2,1-2H3,(H,29,31)(H,30,32). The monoisotopic (exact) mass is 543 g/mol. The number of benzene rings is 3. The minimum Gasteiger partial charge on any atom is -0.493 e. The van der Waals surface area contributed by atoms with Crippen molar-refractivity contribution in [1.29, 1.82) is 0 Å². The summed E-state index contributed by atoms with van der Waals surface area (Å²) in [5.41, 5.74) is 5.77. The van der Waals surface area contributed by atoms with Crippen molar-refractivity contribution in [1.82, 2.24) is 5.43 Å². The number of hydrazone groups is 1. The van der Waals surface area contributed by atoms with Crippen LogP contribution in [-0.4, -0.2) is 25.1 Å². The highest BCUT2D eigenvalue weighted by Crippen LogP contribution is 2.36. The molecule has 0 aliphatic carbocycles. The molecule has 0 heterocycles. The lowest BCUT2D eigenvalue weighted by molar-refractivity contribution is -0.126. The van der Waals surface area contributed by atoms with Gasteiger partial charge in [-0.1, -0.05) is 41.4 Å². The number of anilines is 1. The Hall–Kier alpha value is -3.36. The fourth-order valence-corrected chi connectivity index (χ4v) is 3.60. The van der Waals surface area contributed by atoms with E-state index in [-0.39, 0.29) is 6.42 Å². The molecule has 0 saturated carbocycles. The predicted molar refractivity (Wildman–Crippen MR) is 137 cm³/mol. The van der Waals surface area contributed by atoms with E-state index in [4.69, 9.17) is 21.1 Å². The number of carbonyl (C=O) groups is 2. The summed E-state index contributed by atoms with van der Waals surface area (Å²) in [5.74, 6) is 0.0565. The van der Waals surface area contributed by atoms with Gasteiger partial charge in [0.2, 0.25) is 11.8 Å². The Balaban J connectivity index is 1.55. The number of halogens is 2. The number of carbonyl (C=O) groups excluding carboxylic acids is 2. The fraction of sp³-hybridized carbons (Fsp3) is 0.160. The summed E-state index contributed by atoms with van der Waals surface area (Å²) in [4.78, 5) is 24.0. The first-order chi connectivity index (χ1) is 16.3. The fourth-order valence-electron chi connectivity index (χ4n) is 2.90. The molecule has 0 aromatic heterocycles. The largest absolute Gasteiger partial charge is 0.493 e. The van der Waals surface area contributed by atoms with E-state index in [2.05, 4.69) is 31.8 Å². The second-order valence-corrected chi connectivity index (χ2v) is 8.62. The molecule has 0 atom stereocenters. The molecule has 2 amide bonds. The summed E-state index contributed by atoms with van der Waals surface area (Å²) >= 11 is 9.31. The van der Waals surface area contributed by atoms with Crippen LogP contribution in [0.4, 0.5) is 5.69 Å². The number of nitrogens with one attached hydrogen (secondary N) is 2. The van der Waals surface area contributed by atoms with Gasteiger partial charge < -0.3 is 14.8 Å². The number of rotatable bonds is 9. The molecule has 2 N–H and O–H groups in total. The van der Waals surface area contributed by atoms with Crippen LogP contribution in [0.2, 0.25) is 5.02 Å². The summed E-state index contributed by atoms with van der Waals surface area (Å²) in [6.45, 7) is 2.42. The second-order valence-electron chi connectivity index (χ2n) is 7.33. The molecule has 7 nitrogen and oxygen atoms in total. The van der Waals surface area contributed by atoms with Gasteiger partial charge in [-0.15, -0.1) is 0 Å². The molecule has 3 aromatic carbocycles. The molecule has 0 aliphatic rings. The summed E-state index contributed by atoms with van der Waals surface area (Å²) in [7, 11) is 1.54. The average Bonchev–Trinajstić information content (AvgIpc) is 2.80. The van der Waals surface area contributed by atoms with Crippen molar-refractivity contribution in [3.05, 3.63) is 86.8 Å². The van der Waals surface area contributed by atoms with Gasteiger partial charge in [0.1, 0.15) is 13.0 Å².